The molecule has 0 amide bonds. The van der Waals surface area contributed by atoms with Crippen LogP contribution in [0.25, 0.3) is 0 Å². The van der Waals surface area contributed by atoms with Gasteiger partial charge >= 0.3 is 5.97 Å². The molecule has 2 aromatic carbocycles. The highest BCUT2D eigenvalue weighted by Crippen LogP contribution is 2.24. The SMILES string of the molecule is C[N+](C)(C)CCO.O=C(O)c1cc(N=Nc2ccc(S(=O)(=O)Nc3ccccn3)cc2)ccc1[O-]. The molecular weight excluding hydrogens is 474 g/mol. The van der Waals surface area contributed by atoms with Crippen molar-refractivity contribution < 1.29 is 33.0 Å². The quantitative estimate of drug-likeness (QED) is 0.315. The zero-order valence-corrected chi connectivity index (χ0v) is 20.3. The van der Waals surface area contributed by atoms with Gasteiger partial charge in [-0.25, -0.2) is 18.2 Å². The first-order valence-electron chi connectivity index (χ1n) is 10.3. The number of quaternary nitrogens is 1. The summed E-state index contributed by atoms with van der Waals surface area (Å²) in [5, 5.41) is 36.5. The number of aliphatic hydroxyl groups is 1. The van der Waals surface area contributed by atoms with Gasteiger partial charge in [-0.2, -0.15) is 10.2 Å². The van der Waals surface area contributed by atoms with Crippen molar-refractivity contribution in [3.63, 3.8) is 0 Å². The Morgan fingerprint density at radius 1 is 1.03 bits per heavy atom. The summed E-state index contributed by atoms with van der Waals surface area (Å²) in [5.74, 6) is -1.78. The lowest BCUT2D eigenvalue weighted by atomic mass is 10.2. The zero-order chi connectivity index (χ0) is 26.1. The molecule has 0 saturated heterocycles. The Morgan fingerprint density at radius 2 is 1.66 bits per heavy atom. The summed E-state index contributed by atoms with van der Waals surface area (Å²) in [5.41, 5.74) is 0.129. The maximum Gasteiger partial charge on any atom is 0.335 e. The molecule has 0 bridgehead atoms. The van der Waals surface area contributed by atoms with Gasteiger partial charge in [-0.15, -0.1) is 0 Å². The molecule has 1 heterocycles. The molecule has 0 saturated carbocycles. The number of azo groups is 1. The summed E-state index contributed by atoms with van der Waals surface area (Å²) >= 11 is 0. The maximum atomic E-state index is 12.3. The number of aromatic nitrogens is 1. The van der Waals surface area contributed by atoms with E-state index in [1.165, 1.54) is 42.6 Å². The molecule has 3 rings (SSSR count). The van der Waals surface area contributed by atoms with Crippen LogP contribution in [0, 0.1) is 0 Å². The first kappa shape index (κ1) is 27.4. The lowest BCUT2D eigenvalue weighted by Gasteiger charge is -2.21. The summed E-state index contributed by atoms with van der Waals surface area (Å²) in [4.78, 5) is 14.9. The van der Waals surface area contributed by atoms with E-state index in [0.717, 1.165) is 23.2 Å². The Morgan fingerprint density at radius 3 is 2.17 bits per heavy atom. The molecule has 0 aliphatic carbocycles. The van der Waals surface area contributed by atoms with Crippen LogP contribution in [0.5, 0.6) is 5.75 Å². The predicted octanol–water partition coefficient (Wildman–Crippen LogP) is 2.75. The molecule has 0 spiro atoms. The van der Waals surface area contributed by atoms with Gasteiger partial charge in [0.05, 0.1) is 49.6 Å². The van der Waals surface area contributed by atoms with Crippen molar-refractivity contribution in [2.45, 2.75) is 4.90 Å². The summed E-state index contributed by atoms with van der Waals surface area (Å²) < 4.78 is 27.9. The summed E-state index contributed by atoms with van der Waals surface area (Å²) in [6, 6.07) is 14.0. The molecule has 0 radical (unpaired) electrons. The van der Waals surface area contributed by atoms with E-state index >= 15 is 0 Å². The number of benzene rings is 2. The number of nitrogens with one attached hydrogen (secondary N) is 1. The van der Waals surface area contributed by atoms with Crippen molar-refractivity contribution in [3.05, 3.63) is 72.4 Å². The second-order valence-electron chi connectivity index (χ2n) is 8.24. The molecule has 0 fully saturated rings. The van der Waals surface area contributed by atoms with Gasteiger partial charge in [0, 0.05) is 6.20 Å². The van der Waals surface area contributed by atoms with Crippen LogP contribution in [0.1, 0.15) is 10.4 Å². The number of carboxylic acid groups (broad SMARTS) is 1. The number of likely N-dealkylation sites (N-methyl/N-ethyl adjacent to an activating group) is 1. The average molecular weight is 502 g/mol. The molecule has 186 valence electrons. The van der Waals surface area contributed by atoms with Gasteiger partial charge in [-0.05, 0) is 48.5 Å². The molecule has 3 aromatic rings. The number of pyridine rings is 1. The Balaban J connectivity index is 0.000000540. The van der Waals surface area contributed by atoms with Gasteiger partial charge in [0.25, 0.3) is 10.0 Å². The van der Waals surface area contributed by atoms with Crippen molar-refractivity contribution >= 4 is 33.2 Å². The van der Waals surface area contributed by atoms with Crippen LogP contribution in [-0.4, -0.2) is 68.4 Å². The smallest absolute Gasteiger partial charge is 0.335 e. The zero-order valence-electron chi connectivity index (χ0n) is 19.5. The second kappa shape index (κ2) is 12.0. The summed E-state index contributed by atoms with van der Waals surface area (Å²) in [7, 11) is 2.35. The molecule has 0 aliphatic heterocycles. The van der Waals surface area contributed by atoms with Crippen LogP contribution in [0.2, 0.25) is 0 Å². The first-order chi connectivity index (χ1) is 16.4. The standard InChI is InChI=1S/C18H14N4O5S.C5H14NO/c23-16-9-6-13(11-15(16)18(24)25)21-20-12-4-7-14(8-5-12)28(26,27)22-17-3-1-2-10-19-17;1-6(2,3)4-5-7/h1-11,23H,(H,19,22)(H,24,25);7H,4-5H2,1-3H3/q;+1/p-1. The highest BCUT2D eigenvalue weighted by molar-refractivity contribution is 7.92. The van der Waals surface area contributed by atoms with Crippen molar-refractivity contribution in [1.82, 2.24) is 4.98 Å². The number of aliphatic hydroxyl groups excluding tert-OH is 1. The molecule has 0 atom stereocenters. The fourth-order valence-corrected chi connectivity index (χ4v) is 3.48. The van der Waals surface area contributed by atoms with Crippen LogP contribution < -0.4 is 9.83 Å². The Labute approximate surface area is 203 Å². The molecule has 0 aliphatic rings. The van der Waals surface area contributed by atoms with Gasteiger partial charge in [0.2, 0.25) is 0 Å². The number of sulfonamides is 1. The topological polar surface area (TPSA) is 164 Å². The minimum Gasteiger partial charge on any atom is -0.872 e. The van der Waals surface area contributed by atoms with Crippen molar-refractivity contribution in [2.75, 3.05) is 39.0 Å². The van der Waals surface area contributed by atoms with Gasteiger partial charge in [0.1, 0.15) is 12.4 Å². The van der Waals surface area contributed by atoms with Crippen LogP contribution in [0.3, 0.4) is 0 Å². The van der Waals surface area contributed by atoms with E-state index in [4.69, 9.17) is 10.2 Å². The molecule has 11 nitrogen and oxygen atoms in total. The van der Waals surface area contributed by atoms with E-state index in [9.17, 15) is 18.3 Å². The lowest BCUT2D eigenvalue weighted by Crippen LogP contribution is -2.36. The third-order valence-corrected chi connectivity index (χ3v) is 5.67. The Kier molecular flexibility index (Phi) is 9.40. The molecule has 35 heavy (non-hydrogen) atoms. The largest absolute Gasteiger partial charge is 0.872 e. The normalized spacial score (nSPS) is 11.5. The Bertz CT molecular complexity index is 1260. The van der Waals surface area contributed by atoms with Crippen molar-refractivity contribution in [3.8, 4) is 5.75 Å². The fraction of sp³-hybridized carbons (Fsp3) is 0.217. The lowest BCUT2D eigenvalue weighted by molar-refractivity contribution is -0.870. The number of hydrogen-bond acceptors (Lipinski definition) is 8. The number of carbonyl (C=O) groups is 1. The van der Waals surface area contributed by atoms with Crippen molar-refractivity contribution in [2.24, 2.45) is 10.2 Å². The molecule has 0 unspecified atom stereocenters. The van der Waals surface area contributed by atoms with E-state index < -0.39 is 27.3 Å². The maximum absolute atomic E-state index is 12.3. The average Bonchev–Trinajstić information content (AvgIpc) is 2.78. The van der Waals surface area contributed by atoms with Gasteiger partial charge in [0.15, 0.2) is 0 Å². The summed E-state index contributed by atoms with van der Waals surface area (Å²) in [6.07, 6.45) is 1.47. The van der Waals surface area contributed by atoms with Crippen LogP contribution in [0.4, 0.5) is 17.2 Å². The van der Waals surface area contributed by atoms with Crippen LogP contribution in [0.15, 0.2) is 82.0 Å². The second-order valence-corrected chi connectivity index (χ2v) is 9.92. The highest BCUT2D eigenvalue weighted by Gasteiger charge is 2.14. The highest BCUT2D eigenvalue weighted by atomic mass is 32.2. The first-order valence-corrected chi connectivity index (χ1v) is 11.8. The third-order valence-electron chi connectivity index (χ3n) is 4.30. The molecule has 1 aromatic heterocycles. The Hall–Kier alpha value is -3.87. The van der Waals surface area contributed by atoms with E-state index in [1.807, 2.05) is 0 Å². The minimum absolute atomic E-state index is 0.0148. The third kappa shape index (κ3) is 9.12. The van der Waals surface area contributed by atoms with E-state index in [0.29, 0.717) is 5.69 Å². The van der Waals surface area contributed by atoms with Crippen molar-refractivity contribution in [1.29, 1.82) is 0 Å². The van der Waals surface area contributed by atoms with Crippen LogP contribution in [-0.2, 0) is 10.0 Å². The van der Waals surface area contributed by atoms with Gasteiger partial charge in [-0.1, -0.05) is 17.9 Å². The van der Waals surface area contributed by atoms with E-state index in [-0.39, 0.29) is 23.0 Å². The summed E-state index contributed by atoms with van der Waals surface area (Å²) in [6.45, 7) is 1.11. The van der Waals surface area contributed by atoms with E-state index in [1.54, 1.807) is 12.1 Å². The number of nitrogens with zero attached hydrogens (tertiary/aromatic N) is 4. The van der Waals surface area contributed by atoms with Gasteiger partial charge < -0.3 is 19.8 Å². The number of anilines is 1. The number of aromatic carboxylic acids is 1. The molecular formula is C23H27N5O6S. The number of carboxylic acids is 1. The van der Waals surface area contributed by atoms with Crippen LogP contribution >= 0.6 is 0 Å². The monoisotopic (exact) mass is 501 g/mol. The molecule has 3 N–H and O–H groups in total. The molecule has 12 heteroatoms. The number of rotatable bonds is 8. The fourth-order valence-electron chi connectivity index (χ4n) is 2.47. The minimum atomic E-state index is -3.80. The van der Waals surface area contributed by atoms with Gasteiger partial charge in [-0.3, -0.25) is 4.72 Å². The van der Waals surface area contributed by atoms with E-state index in [2.05, 4.69) is 41.1 Å². The predicted molar refractivity (Wildman–Crippen MR) is 128 cm³/mol. The number of hydrogen-bond donors (Lipinski definition) is 3.